The van der Waals surface area contributed by atoms with Crippen LogP contribution in [0.25, 0.3) is 0 Å². The van der Waals surface area contributed by atoms with E-state index in [-0.39, 0.29) is 11.8 Å². The van der Waals surface area contributed by atoms with E-state index >= 15 is 0 Å². The van der Waals surface area contributed by atoms with Gasteiger partial charge in [-0.05, 0) is 18.4 Å². The van der Waals surface area contributed by atoms with Gasteiger partial charge in [-0.2, -0.15) is 0 Å². The number of nitrogens with zero attached hydrogens (tertiary/aromatic N) is 3. The molecule has 1 N–H and O–H groups in total. The summed E-state index contributed by atoms with van der Waals surface area (Å²) in [6, 6.07) is 1.85. The first-order chi connectivity index (χ1) is 11.0. The van der Waals surface area contributed by atoms with Gasteiger partial charge in [0.25, 0.3) is 5.91 Å². The topological polar surface area (TPSA) is 65.5 Å². The highest BCUT2D eigenvalue weighted by Crippen LogP contribution is 2.13. The minimum absolute atomic E-state index is 0.0202. The molecule has 1 fully saturated rings. The van der Waals surface area contributed by atoms with Crippen molar-refractivity contribution in [2.75, 3.05) is 38.0 Å². The molecule has 1 saturated heterocycles. The molecule has 1 aromatic heterocycles. The molecular weight excluding hydrogens is 292 g/mol. The fourth-order valence-electron chi connectivity index (χ4n) is 2.57. The highest BCUT2D eigenvalue weighted by atomic mass is 16.2. The van der Waals surface area contributed by atoms with Crippen LogP contribution in [0.3, 0.4) is 0 Å². The van der Waals surface area contributed by atoms with Crippen LogP contribution in [-0.2, 0) is 4.79 Å². The molecule has 2 rings (SSSR count). The monoisotopic (exact) mass is 318 g/mol. The number of hydrogen-bond acceptors (Lipinski definition) is 4. The van der Waals surface area contributed by atoms with Crippen molar-refractivity contribution < 1.29 is 9.59 Å². The minimum atomic E-state index is -0.0202. The number of nitrogens with one attached hydrogen (secondary N) is 1. The van der Waals surface area contributed by atoms with E-state index in [0.29, 0.717) is 37.7 Å². The third-order valence-electron chi connectivity index (χ3n) is 4.05. The number of anilines is 1. The molecular formula is C17H26N4O2. The third kappa shape index (κ3) is 4.94. The van der Waals surface area contributed by atoms with Crippen LogP contribution in [0.1, 0.15) is 37.6 Å². The Labute approximate surface area is 137 Å². The van der Waals surface area contributed by atoms with E-state index in [4.69, 9.17) is 0 Å². The Morgan fingerprint density at radius 1 is 1.17 bits per heavy atom. The minimum Gasteiger partial charge on any atom is -0.384 e. The Hall–Kier alpha value is -2.11. The first-order valence-corrected chi connectivity index (χ1v) is 8.21. The van der Waals surface area contributed by atoms with E-state index in [0.717, 1.165) is 18.7 Å². The molecule has 126 valence electrons. The lowest BCUT2D eigenvalue weighted by atomic mass is 10.1. The molecule has 0 aromatic carbocycles. The van der Waals surface area contributed by atoms with Crippen LogP contribution in [0.5, 0.6) is 0 Å². The van der Waals surface area contributed by atoms with Crippen molar-refractivity contribution >= 4 is 17.5 Å². The average Bonchev–Trinajstić information content (AvgIpc) is 2.54. The van der Waals surface area contributed by atoms with Gasteiger partial charge in [-0.15, -0.1) is 0 Å². The molecule has 6 nitrogen and oxygen atoms in total. The molecule has 0 radical (unpaired) electrons. The Morgan fingerprint density at radius 2 is 1.83 bits per heavy atom. The van der Waals surface area contributed by atoms with Crippen molar-refractivity contribution in [1.82, 2.24) is 14.8 Å². The van der Waals surface area contributed by atoms with Gasteiger partial charge in [-0.1, -0.05) is 13.8 Å². The van der Waals surface area contributed by atoms with Crippen molar-refractivity contribution in [3.63, 3.8) is 0 Å². The Balaban J connectivity index is 1.93. The van der Waals surface area contributed by atoms with Gasteiger partial charge in [-0.3, -0.25) is 14.6 Å². The van der Waals surface area contributed by atoms with Crippen molar-refractivity contribution in [3.05, 3.63) is 24.0 Å². The zero-order valence-corrected chi connectivity index (χ0v) is 14.2. The highest BCUT2D eigenvalue weighted by Gasteiger charge is 2.23. The van der Waals surface area contributed by atoms with E-state index in [1.54, 1.807) is 29.1 Å². The molecule has 0 atom stereocenters. The van der Waals surface area contributed by atoms with Crippen molar-refractivity contribution in [1.29, 1.82) is 0 Å². The highest BCUT2D eigenvalue weighted by molar-refractivity contribution is 5.95. The molecule has 1 aliphatic rings. The second-order valence-electron chi connectivity index (χ2n) is 6.37. The number of hydrogen-bond donors (Lipinski definition) is 1. The maximum absolute atomic E-state index is 12.6. The van der Waals surface area contributed by atoms with Crippen LogP contribution in [0.4, 0.5) is 5.69 Å². The predicted octanol–water partition coefficient (Wildman–Crippen LogP) is 1.84. The Bertz CT molecular complexity index is 551. The van der Waals surface area contributed by atoms with Crippen LogP contribution >= 0.6 is 0 Å². The first kappa shape index (κ1) is 17.2. The molecule has 1 aliphatic heterocycles. The molecule has 0 unspecified atom stereocenters. The summed E-state index contributed by atoms with van der Waals surface area (Å²) in [5.74, 6) is 0.682. The SMILES string of the molecule is CC(=O)N1CCN(C(=O)c2cncc(NCCC(C)C)c2)CC1. The lowest BCUT2D eigenvalue weighted by Gasteiger charge is -2.34. The lowest BCUT2D eigenvalue weighted by molar-refractivity contribution is -0.130. The van der Waals surface area contributed by atoms with Gasteiger partial charge in [-0.25, -0.2) is 0 Å². The fourth-order valence-corrected chi connectivity index (χ4v) is 2.57. The number of carbonyl (C=O) groups is 2. The molecule has 0 bridgehead atoms. The summed E-state index contributed by atoms with van der Waals surface area (Å²) in [7, 11) is 0. The van der Waals surface area contributed by atoms with Gasteiger partial charge >= 0.3 is 0 Å². The molecule has 2 amide bonds. The molecule has 0 saturated carbocycles. The normalized spacial score (nSPS) is 15.0. The van der Waals surface area contributed by atoms with Crippen LogP contribution in [0, 0.1) is 5.92 Å². The summed E-state index contributed by atoms with van der Waals surface area (Å²) in [5.41, 5.74) is 1.47. The molecule has 2 heterocycles. The second kappa shape index (κ2) is 7.94. The Morgan fingerprint density at radius 3 is 2.43 bits per heavy atom. The zero-order valence-electron chi connectivity index (χ0n) is 14.2. The molecule has 0 aliphatic carbocycles. The van der Waals surface area contributed by atoms with Crippen LogP contribution in [0.2, 0.25) is 0 Å². The number of carbonyl (C=O) groups excluding carboxylic acids is 2. The molecule has 6 heteroatoms. The van der Waals surface area contributed by atoms with Gasteiger partial charge in [0.05, 0.1) is 11.3 Å². The predicted molar refractivity (Wildman–Crippen MR) is 90.3 cm³/mol. The molecule has 23 heavy (non-hydrogen) atoms. The van der Waals surface area contributed by atoms with Crippen LogP contribution < -0.4 is 5.32 Å². The third-order valence-corrected chi connectivity index (χ3v) is 4.05. The number of pyridine rings is 1. The number of aromatic nitrogens is 1. The largest absolute Gasteiger partial charge is 0.384 e. The van der Waals surface area contributed by atoms with Crippen LogP contribution in [0.15, 0.2) is 18.5 Å². The van der Waals surface area contributed by atoms with Gasteiger partial charge in [0.15, 0.2) is 0 Å². The summed E-state index contributed by atoms with van der Waals surface area (Å²) in [6.07, 6.45) is 4.42. The van der Waals surface area contributed by atoms with Gasteiger partial charge < -0.3 is 15.1 Å². The van der Waals surface area contributed by atoms with E-state index < -0.39 is 0 Å². The van der Waals surface area contributed by atoms with Crippen molar-refractivity contribution in [3.8, 4) is 0 Å². The molecule has 1 aromatic rings. The average molecular weight is 318 g/mol. The summed E-state index contributed by atoms with van der Waals surface area (Å²) in [5, 5.41) is 3.31. The van der Waals surface area contributed by atoms with E-state index in [9.17, 15) is 9.59 Å². The Kier molecular flexibility index (Phi) is 5.96. The second-order valence-corrected chi connectivity index (χ2v) is 6.37. The van der Waals surface area contributed by atoms with Gasteiger partial charge in [0.2, 0.25) is 5.91 Å². The van der Waals surface area contributed by atoms with E-state index in [1.165, 1.54) is 0 Å². The summed E-state index contributed by atoms with van der Waals surface area (Å²) in [4.78, 5) is 31.6. The zero-order chi connectivity index (χ0) is 16.8. The molecule has 0 spiro atoms. The lowest BCUT2D eigenvalue weighted by Crippen LogP contribution is -2.50. The van der Waals surface area contributed by atoms with E-state index in [2.05, 4.69) is 24.1 Å². The van der Waals surface area contributed by atoms with Gasteiger partial charge in [0, 0.05) is 52.0 Å². The summed E-state index contributed by atoms with van der Waals surface area (Å²) in [6.45, 7) is 9.14. The fraction of sp³-hybridized carbons (Fsp3) is 0.588. The first-order valence-electron chi connectivity index (χ1n) is 8.21. The smallest absolute Gasteiger partial charge is 0.255 e. The van der Waals surface area contributed by atoms with Crippen LogP contribution in [-0.4, -0.2) is 59.3 Å². The van der Waals surface area contributed by atoms with Crippen molar-refractivity contribution in [2.24, 2.45) is 5.92 Å². The number of piperazine rings is 1. The summed E-state index contributed by atoms with van der Waals surface area (Å²) >= 11 is 0. The number of rotatable bonds is 5. The maximum atomic E-state index is 12.6. The van der Waals surface area contributed by atoms with Crippen molar-refractivity contribution in [2.45, 2.75) is 27.2 Å². The maximum Gasteiger partial charge on any atom is 0.255 e. The standard InChI is InChI=1S/C17H26N4O2/c1-13(2)4-5-19-16-10-15(11-18-12-16)17(23)21-8-6-20(7-9-21)14(3)22/h10-13,19H,4-9H2,1-3H3. The van der Waals surface area contributed by atoms with Gasteiger partial charge in [0.1, 0.15) is 0 Å². The summed E-state index contributed by atoms with van der Waals surface area (Å²) < 4.78 is 0. The number of amides is 2. The van der Waals surface area contributed by atoms with E-state index in [1.807, 2.05) is 6.07 Å². The quantitative estimate of drug-likeness (QED) is 0.900.